The highest BCUT2D eigenvalue weighted by Gasteiger charge is 2.13. The molecule has 0 radical (unpaired) electrons. The predicted octanol–water partition coefficient (Wildman–Crippen LogP) is 0.927. The number of primary amides is 1. The Morgan fingerprint density at radius 2 is 1.96 bits per heavy atom. The fourth-order valence-electron chi connectivity index (χ4n) is 2.20. The van der Waals surface area contributed by atoms with E-state index in [1.165, 1.54) is 10.6 Å². The first-order valence-electron chi connectivity index (χ1n) is 7.35. The van der Waals surface area contributed by atoms with Gasteiger partial charge < -0.3 is 11.1 Å². The first kappa shape index (κ1) is 16.3. The van der Waals surface area contributed by atoms with Gasteiger partial charge in [-0.25, -0.2) is 9.18 Å². The number of aromatic nitrogens is 4. The molecule has 0 unspecified atom stereocenters. The molecule has 0 atom stereocenters. The van der Waals surface area contributed by atoms with E-state index in [1.807, 2.05) is 5.32 Å². The number of hydrogen-bond acceptors (Lipinski definition) is 6. The molecule has 2 heterocycles. The first-order chi connectivity index (χ1) is 12.0. The molecule has 10 heteroatoms. The molecule has 2 aromatic heterocycles. The summed E-state index contributed by atoms with van der Waals surface area (Å²) < 4.78 is 15.4. The monoisotopic (exact) mass is 343 g/mol. The summed E-state index contributed by atoms with van der Waals surface area (Å²) in [7, 11) is 0. The van der Waals surface area contributed by atoms with Crippen molar-refractivity contribution in [3.8, 4) is 11.4 Å². The maximum Gasteiger partial charge on any atom is 0.318 e. The zero-order valence-electron chi connectivity index (χ0n) is 12.9. The number of urea groups is 1. The Morgan fingerprint density at radius 1 is 1.16 bits per heavy atom. The Morgan fingerprint density at radius 3 is 2.72 bits per heavy atom. The van der Waals surface area contributed by atoms with Crippen molar-refractivity contribution in [2.24, 2.45) is 5.73 Å². The standard InChI is InChI=1S/C15H14FN7O2/c16-10-4-2-1-3-9(10)14-21-20-12-6-5-11(22-23(12)14)18-8-7-13(24)19-15(17)25/h1-6H,7-8H2,(H,18,22)(H3,17,19,24,25). The summed E-state index contributed by atoms with van der Waals surface area (Å²) >= 11 is 0. The van der Waals surface area contributed by atoms with Gasteiger partial charge in [0.15, 0.2) is 11.5 Å². The van der Waals surface area contributed by atoms with Crippen molar-refractivity contribution >= 4 is 23.4 Å². The van der Waals surface area contributed by atoms with Gasteiger partial charge in [0, 0.05) is 13.0 Å². The number of anilines is 1. The van der Waals surface area contributed by atoms with Crippen LogP contribution in [0.5, 0.6) is 0 Å². The number of nitrogens with two attached hydrogens (primary N) is 1. The number of nitrogens with zero attached hydrogens (tertiary/aromatic N) is 4. The summed E-state index contributed by atoms with van der Waals surface area (Å²) in [6, 6.07) is 8.61. The van der Waals surface area contributed by atoms with E-state index in [2.05, 4.69) is 20.6 Å². The second kappa shape index (κ2) is 6.91. The van der Waals surface area contributed by atoms with Crippen LogP contribution in [0.2, 0.25) is 0 Å². The molecule has 128 valence electrons. The Bertz CT molecular complexity index is 941. The van der Waals surface area contributed by atoms with Gasteiger partial charge in [0.05, 0.1) is 5.56 Å². The molecular formula is C15H14FN7O2. The number of nitrogens with one attached hydrogen (secondary N) is 2. The minimum atomic E-state index is -0.899. The van der Waals surface area contributed by atoms with Gasteiger partial charge in [-0.1, -0.05) is 12.1 Å². The second-order valence-corrected chi connectivity index (χ2v) is 5.08. The second-order valence-electron chi connectivity index (χ2n) is 5.08. The number of hydrogen-bond donors (Lipinski definition) is 3. The van der Waals surface area contributed by atoms with Crippen LogP contribution in [-0.2, 0) is 4.79 Å². The van der Waals surface area contributed by atoms with Crippen molar-refractivity contribution in [1.82, 2.24) is 25.1 Å². The highest BCUT2D eigenvalue weighted by molar-refractivity contribution is 5.93. The number of benzene rings is 1. The lowest BCUT2D eigenvalue weighted by Crippen LogP contribution is -2.35. The van der Waals surface area contributed by atoms with Crippen LogP contribution in [0.1, 0.15) is 6.42 Å². The van der Waals surface area contributed by atoms with E-state index >= 15 is 0 Å². The molecule has 0 saturated heterocycles. The molecule has 3 rings (SSSR count). The van der Waals surface area contributed by atoms with E-state index < -0.39 is 17.8 Å². The average molecular weight is 343 g/mol. The molecule has 0 aliphatic carbocycles. The predicted molar refractivity (Wildman–Crippen MR) is 87.0 cm³/mol. The molecule has 1 aromatic carbocycles. The number of carbonyl (C=O) groups is 2. The van der Waals surface area contributed by atoms with Crippen LogP contribution in [0, 0.1) is 5.82 Å². The molecule has 0 fully saturated rings. The minimum Gasteiger partial charge on any atom is -0.368 e. The molecule has 9 nitrogen and oxygen atoms in total. The van der Waals surface area contributed by atoms with E-state index in [-0.39, 0.29) is 24.4 Å². The SMILES string of the molecule is NC(=O)NC(=O)CCNc1ccc2nnc(-c3ccccc3F)n2n1. The number of halogens is 1. The van der Waals surface area contributed by atoms with Crippen LogP contribution in [0.4, 0.5) is 15.0 Å². The third-order valence-electron chi connectivity index (χ3n) is 3.30. The van der Waals surface area contributed by atoms with E-state index in [1.54, 1.807) is 30.3 Å². The van der Waals surface area contributed by atoms with Crippen LogP contribution < -0.4 is 16.4 Å². The molecule has 25 heavy (non-hydrogen) atoms. The fourth-order valence-corrected chi connectivity index (χ4v) is 2.20. The molecule has 0 spiro atoms. The molecule has 0 bridgehead atoms. The molecule has 0 saturated carbocycles. The lowest BCUT2D eigenvalue weighted by Gasteiger charge is -2.06. The van der Waals surface area contributed by atoms with Crippen molar-refractivity contribution in [3.63, 3.8) is 0 Å². The normalized spacial score (nSPS) is 10.6. The lowest BCUT2D eigenvalue weighted by atomic mass is 10.2. The maximum atomic E-state index is 14.0. The van der Waals surface area contributed by atoms with Gasteiger partial charge in [0.2, 0.25) is 5.91 Å². The molecule has 4 N–H and O–H groups in total. The summed E-state index contributed by atoms with van der Waals surface area (Å²) in [5.41, 5.74) is 5.59. The van der Waals surface area contributed by atoms with Gasteiger partial charge in [-0.3, -0.25) is 10.1 Å². The Hall–Kier alpha value is -3.56. The number of imide groups is 1. The maximum absolute atomic E-state index is 14.0. The molecular weight excluding hydrogens is 329 g/mol. The van der Waals surface area contributed by atoms with Crippen LogP contribution >= 0.6 is 0 Å². The van der Waals surface area contributed by atoms with Gasteiger partial charge in [0.25, 0.3) is 0 Å². The number of fused-ring (bicyclic) bond motifs is 1. The first-order valence-corrected chi connectivity index (χ1v) is 7.35. The third-order valence-corrected chi connectivity index (χ3v) is 3.30. The molecule has 3 amide bonds. The topological polar surface area (TPSA) is 127 Å². The summed E-state index contributed by atoms with van der Waals surface area (Å²) in [6.45, 7) is 0.231. The molecule has 0 aliphatic rings. The van der Waals surface area contributed by atoms with E-state index in [0.717, 1.165) is 0 Å². The third kappa shape index (κ3) is 3.68. The molecule has 3 aromatic rings. The summed E-state index contributed by atoms with van der Waals surface area (Å²) in [5.74, 6) is -0.225. The van der Waals surface area contributed by atoms with Gasteiger partial charge in [-0.15, -0.1) is 15.3 Å². The van der Waals surface area contributed by atoms with Crippen LogP contribution in [-0.4, -0.2) is 38.3 Å². The van der Waals surface area contributed by atoms with Crippen molar-refractivity contribution in [2.75, 3.05) is 11.9 Å². The van der Waals surface area contributed by atoms with E-state index in [4.69, 9.17) is 5.73 Å². The number of rotatable bonds is 5. The van der Waals surface area contributed by atoms with Gasteiger partial charge in [0.1, 0.15) is 11.6 Å². The summed E-state index contributed by atoms with van der Waals surface area (Å²) in [5, 5.41) is 17.1. The number of amides is 3. The van der Waals surface area contributed by atoms with Crippen molar-refractivity contribution in [2.45, 2.75) is 6.42 Å². The fraction of sp³-hybridized carbons (Fsp3) is 0.133. The lowest BCUT2D eigenvalue weighted by molar-refractivity contribution is -0.119. The Labute approximate surface area is 141 Å². The highest BCUT2D eigenvalue weighted by atomic mass is 19.1. The largest absolute Gasteiger partial charge is 0.368 e. The Kier molecular flexibility index (Phi) is 4.50. The summed E-state index contributed by atoms with van der Waals surface area (Å²) in [6.07, 6.45) is 0.0327. The van der Waals surface area contributed by atoms with Crippen molar-refractivity contribution < 1.29 is 14.0 Å². The van der Waals surface area contributed by atoms with Crippen LogP contribution in [0.25, 0.3) is 17.0 Å². The van der Waals surface area contributed by atoms with Gasteiger partial charge in [-0.2, -0.15) is 4.52 Å². The smallest absolute Gasteiger partial charge is 0.318 e. The van der Waals surface area contributed by atoms with Crippen molar-refractivity contribution in [1.29, 1.82) is 0 Å². The number of carbonyl (C=O) groups excluding carboxylic acids is 2. The minimum absolute atomic E-state index is 0.0327. The molecule has 0 aliphatic heterocycles. The van der Waals surface area contributed by atoms with Gasteiger partial charge in [-0.05, 0) is 24.3 Å². The van der Waals surface area contributed by atoms with E-state index in [0.29, 0.717) is 11.5 Å². The average Bonchev–Trinajstić information content (AvgIpc) is 2.98. The zero-order valence-corrected chi connectivity index (χ0v) is 12.9. The summed E-state index contributed by atoms with van der Waals surface area (Å²) in [4.78, 5) is 21.9. The van der Waals surface area contributed by atoms with Crippen LogP contribution in [0.15, 0.2) is 36.4 Å². The Balaban J connectivity index is 1.78. The van der Waals surface area contributed by atoms with Gasteiger partial charge >= 0.3 is 6.03 Å². The van der Waals surface area contributed by atoms with E-state index in [9.17, 15) is 14.0 Å². The van der Waals surface area contributed by atoms with Crippen LogP contribution in [0.3, 0.4) is 0 Å². The highest BCUT2D eigenvalue weighted by Crippen LogP contribution is 2.21. The quantitative estimate of drug-likeness (QED) is 0.632. The zero-order chi connectivity index (χ0) is 17.8. The van der Waals surface area contributed by atoms with Crippen molar-refractivity contribution in [3.05, 3.63) is 42.2 Å².